The molecule has 0 unspecified atom stereocenters. The predicted molar refractivity (Wildman–Crippen MR) is 241 cm³/mol. The van der Waals surface area contributed by atoms with Crippen LogP contribution >= 0.6 is 11.6 Å². The lowest BCUT2D eigenvalue weighted by Crippen LogP contribution is -2.38. The van der Waals surface area contributed by atoms with Crippen LogP contribution in [-0.4, -0.2) is 97.0 Å². The largest absolute Gasteiger partial charge is 0.352 e. The number of nitrogens with zero attached hydrogens (tertiary/aromatic N) is 6. The number of piperidine rings is 2. The zero-order chi connectivity index (χ0) is 43.3. The molecule has 0 aliphatic carbocycles. The van der Waals surface area contributed by atoms with Gasteiger partial charge in [-0.05, 0) is 106 Å². The van der Waals surface area contributed by atoms with Crippen LogP contribution in [-0.2, 0) is 0 Å². The molecule has 2 aliphatic rings. The number of hydrogen-bond acceptors (Lipinski definition) is 7. The maximum absolute atomic E-state index is 12.7. The van der Waals surface area contributed by atoms with E-state index in [1.807, 2.05) is 69.8 Å². The molecular formula is C48H56ClN9O4. The van der Waals surface area contributed by atoms with Crippen LogP contribution in [0.2, 0.25) is 5.02 Å². The van der Waals surface area contributed by atoms with Gasteiger partial charge in [0.15, 0.2) is 0 Å². The van der Waals surface area contributed by atoms with Crippen molar-refractivity contribution in [3.63, 3.8) is 0 Å². The number of amides is 4. The van der Waals surface area contributed by atoms with Gasteiger partial charge in [0, 0.05) is 93.0 Å². The summed E-state index contributed by atoms with van der Waals surface area (Å²) in [5.74, 6) is 1.28. The Kier molecular flexibility index (Phi) is 15.3. The molecule has 14 heteroatoms. The Labute approximate surface area is 367 Å². The third-order valence-electron chi connectivity index (χ3n) is 12.1. The Morgan fingerprint density at radius 3 is 2.03 bits per heavy atom. The molecular weight excluding hydrogens is 802 g/mol. The van der Waals surface area contributed by atoms with Crippen molar-refractivity contribution in [2.45, 2.75) is 71.1 Å². The third kappa shape index (κ3) is 11.6. The van der Waals surface area contributed by atoms with Gasteiger partial charge < -0.3 is 29.8 Å². The van der Waals surface area contributed by atoms with E-state index in [0.717, 1.165) is 113 Å². The van der Waals surface area contributed by atoms with E-state index >= 15 is 0 Å². The van der Waals surface area contributed by atoms with E-state index < -0.39 is 0 Å². The SMILES string of the molecule is Cc1ncccc1C(=O)N1CCC(CCCCNC(=O)c2cc3cnccc3[nH]2)CC1.O=C(NCCCCC1CCN(C(=O)c2ccccc2Cl)CC1)c1ccc2nccn2c1. The highest BCUT2D eigenvalue weighted by molar-refractivity contribution is 6.33. The fourth-order valence-electron chi connectivity index (χ4n) is 8.40. The molecule has 13 nitrogen and oxygen atoms in total. The zero-order valence-electron chi connectivity index (χ0n) is 35.4. The van der Waals surface area contributed by atoms with Crippen LogP contribution in [0.5, 0.6) is 0 Å². The van der Waals surface area contributed by atoms with E-state index in [1.54, 1.807) is 49.2 Å². The van der Waals surface area contributed by atoms with Crippen molar-refractivity contribution in [3.8, 4) is 0 Å². The lowest BCUT2D eigenvalue weighted by Gasteiger charge is -2.32. The summed E-state index contributed by atoms with van der Waals surface area (Å²) < 4.78 is 1.85. The first-order chi connectivity index (χ1) is 30.2. The van der Waals surface area contributed by atoms with Crippen LogP contribution in [0.4, 0.5) is 0 Å². The Hall–Kier alpha value is -6.08. The first-order valence-electron chi connectivity index (χ1n) is 21.9. The maximum Gasteiger partial charge on any atom is 0.267 e. The highest BCUT2D eigenvalue weighted by Crippen LogP contribution is 2.26. The molecule has 2 fully saturated rings. The smallest absolute Gasteiger partial charge is 0.267 e. The van der Waals surface area contributed by atoms with E-state index in [4.69, 9.17) is 11.6 Å². The second-order valence-corrected chi connectivity index (χ2v) is 16.8. The lowest BCUT2D eigenvalue weighted by atomic mass is 9.91. The van der Waals surface area contributed by atoms with Gasteiger partial charge in [0.25, 0.3) is 23.6 Å². The van der Waals surface area contributed by atoms with Crippen LogP contribution in [0.25, 0.3) is 16.6 Å². The van der Waals surface area contributed by atoms with Crippen LogP contribution in [0.15, 0.2) is 97.8 Å². The number of aryl methyl sites for hydroxylation is 1. The molecule has 0 saturated carbocycles. The first kappa shape index (κ1) is 44.0. The fraction of sp³-hybridized carbons (Fsp3) is 0.396. The van der Waals surface area contributed by atoms with Crippen molar-refractivity contribution >= 4 is 51.8 Å². The van der Waals surface area contributed by atoms with Crippen molar-refractivity contribution in [1.29, 1.82) is 0 Å². The van der Waals surface area contributed by atoms with Crippen LogP contribution in [0, 0.1) is 18.8 Å². The van der Waals surface area contributed by atoms with Crippen LogP contribution in [0.3, 0.4) is 0 Å². The van der Waals surface area contributed by atoms with Gasteiger partial charge in [0.05, 0.1) is 21.7 Å². The molecule has 0 bridgehead atoms. The quantitative estimate of drug-likeness (QED) is 0.0934. The van der Waals surface area contributed by atoms with Crippen molar-refractivity contribution in [1.82, 2.24) is 44.8 Å². The maximum atomic E-state index is 12.7. The highest BCUT2D eigenvalue weighted by Gasteiger charge is 2.26. The summed E-state index contributed by atoms with van der Waals surface area (Å²) in [7, 11) is 0. The summed E-state index contributed by atoms with van der Waals surface area (Å²) in [6, 6.07) is 18.3. The molecule has 62 heavy (non-hydrogen) atoms. The zero-order valence-corrected chi connectivity index (χ0v) is 36.2. The molecule has 324 valence electrons. The normalized spacial score (nSPS) is 14.7. The van der Waals surface area contributed by atoms with Crippen molar-refractivity contribution in [2.24, 2.45) is 11.8 Å². The number of aromatic amines is 1. The molecule has 0 atom stereocenters. The van der Waals surface area contributed by atoms with Crippen LogP contribution in [0.1, 0.15) is 111 Å². The molecule has 8 rings (SSSR count). The number of aromatic nitrogens is 5. The number of carbonyl (C=O) groups is 4. The molecule has 7 heterocycles. The Morgan fingerprint density at radius 2 is 1.37 bits per heavy atom. The number of carbonyl (C=O) groups excluding carboxylic acids is 4. The number of pyridine rings is 3. The number of hydrogen-bond donors (Lipinski definition) is 3. The van der Waals surface area contributed by atoms with E-state index in [0.29, 0.717) is 52.3 Å². The van der Waals surface area contributed by atoms with Gasteiger partial charge in [-0.25, -0.2) is 4.98 Å². The second kappa shape index (κ2) is 21.6. The molecule has 2 saturated heterocycles. The number of fused-ring (bicyclic) bond motifs is 2. The summed E-state index contributed by atoms with van der Waals surface area (Å²) in [6.07, 6.45) is 21.0. The summed E-state index contributed by atoms with van der Waals surface area (Å²) in [6.45, 7) is 6.40. The van der Waals surface area contributed by atoms with Gasteiger partial charge in [-0.15, -0.1) is 0 Å². The standard InChI is InChI=1S/C24H27ClN4O2.C24H29N5O2/c25-21-7-2-1-6-20(21)24(31)28-14-10-18(11-15-28)5-3-4-12-27-23(30)19-8-9-22-26-13-16-29(22)17-19;1-17-20(6-4-11-26-17)24(31)29-13-8-18(9-14-29)5-2-3-10-27-23(30)22-15-19-16-25-12-7-21(19)28-22/h1-2,6-9,13,16-18H,3-5,10-12,14-15H2,(H,27,30);4,6-7,11-12,15-16,18,28H,2-3,5,8-10,13-14H2,1H3,(H,27,30). The second-order valence-electron chi connectivity index (χ2n) is 16.3. The van der Waals surface area contributed by atoms with E-state index in [2.05, 4.69) is 30.6 Å². The summed E-state index contributed by atoms with van der Waals surface area (Å²) >= 11 is 6.17. The lowest BCUT2D eigenvalue weighted by molar-refractivity contribution is 0.0677. The van der Waals surface area contributed by atoms with Gasteiger partial charge in [0.2, 0.25) is 0 Å². The first-order valence-corrected chi connectivity index (χ1v) is 22.3. The van der Waals surface area contributed by atoms with E-state index in [1.165, 1.54) is 0 Å². The number of nitrogens with one attached hydrogen (secondary N) is 3. The number of unbranched alkanes of at least 4 members (excludes halogenated alkanes) is 2. The van der Waals surface area contributed by atoms with Gasteiger partial charge in [-0.1, -0.05) is 49.4 Å². The number of rotatable bonds is 14. The van der Waals surface area contributed by atoms with Gasteiger partial charge >= 0.3 is 0 Å². The minimum absolute atomic E-state index is 0.0284. The molecule has 4 amide bonds. The van der Waals surface area contributed by atoms with Crippen molar-refractivity contribution < 1.29 is 19.2 Å². The van der Waals surface area contributed by atoms with Gasteiger partial charge in [0.1, 0.15) is 11.3 Å². The number of benzene rings is 1. The van der Waals surface area contributed by atoms with Crippen molar-refractivity contribution in [2.75, 3.05) is 39.3 Å². The number of imidazole rings is 1. The van der Waals surface area contributed by atoms with Crippen molar-refractivity contribution in [3.05, 3.63) is 131 Å². The third-order valence-corrected chi connectivity index (χ3v) is 12.4. The number of H-pyrrole nitrogens is 1. The number of likely N-dealkylation sites (tertiary alicyclic amines) is 2. The summed E-state index contributed by atoms with van der Waals surface area (Å²) in [4.78, 5) is 69.5. The monoisotopic (exact) mass is 857 g/mol. The Balaban J connectivity index is 0.000000186. The topological polar surface area (TPSA) is 158 Å². The molecule has 6 aromatic rings. The fourth-order valence-corrected chi connectivity index (χ4v) is 8.62. The molecule has 0 radical (unpaired) electrons. The molecule has 1 aromatic carbocycles. The summed E-state index contributed by atoms with van der Waals surface area (Å²) in [5, 5.41) is 7.45. The van der Waals surface area contributed by atoms with Gasteiger partial charge in [-0.3, -0.25) is 29.1 Å². The molecule has 0 spiro atoms. The minimum Gasteiger partial charge on any atom is -0.352 e. The predicted octanol–water partition coefficient (Wildman–Crippen LogP) is 8.16. The van der Waals surface area contributed by atoms with E-state index in [-0.39, 0.29) is 23.6 Å². The minimum atomic E-state index is -0.0753. The Morgan fingerprint density at radius 1 is 0.726 bits per heavy atom. The molecule has 2 aliphatic heterocycles. The number of halogens is 1. The molecule has 5 aromatic heterocycles. The van der Waals surface area contributed by atoms with Crippen LogP contribution < -0.4 is 10.6 Å². The highest BCUT2D eigenvalue weighted by atomic mass is 35.5. The average Bonchev–Trinajstić information content (AvgIpc) is 3.97. The summed E-state index contributed by atoms with van der Waals surface area (Å²) in [5.41, 5.74) is 5.05. The average molecular weight is 858 g/mol. The molecule has 3 N–H and O–H groups in total. The van der Waals surface area contributed by atoms with Gasteiger partial charge in [-0.2, -0.15) is 0 Å². The van der Waals surface area contributed by atoms with E-state index in [9.17, 15) is 19.2 Å². The Bertz CT molecular complexity index is 2320.